The Morgan fingerprint density at radius 3 is 2.62 bits per heavy atom. The van der Waals surface area contributed by atoms with E-state index in [1.807, 2.05) is 25.1 Å². The zero-order valence-corrected chi connectivity index (χ0v) is 17.2. The molecule has 1 saturated heterocycles. The number of aryl methyl sites for hydroxylation is 1. The number of amides is 2. The molecule has 1 heterocycles. The van der Waals surface area contributed by atoms with Crippen LogP contribution in [0.4, 0.5) is 5.69 Å². The summed E-state index contributed by atoms with van der Waals surface area (Å²) in [5.41, 5.74) is 1.88. The summed E-state index contributed by atoms with van der Waals surface area (Å²) in [5.74, 6) is 0.668. The fourth-order valence-corrected chi connectivity index (χ4v) is 3.58. The van der Waals surface area contributed by atoms with Crippen molar-refractivity contribution in [2.24, 2.45) is 5.92 Å². The Morgan fingerprint density at radius 1 is 1.17 bits per heavy atom. The highest BCUT2D eigenvalue weighted by Crippen LogP contribution is 2.36. The van der Waals surface area contributed by atoms with Crippen LogP contribution in [0.25, 0.3) is 0 Å². The summed E-state index contributed by atoms with van der Waals surface area (Å²) in [6, 6.07) is 15.6. The molecule has 1 fully saturated rings. The van der Waals surface area contributed by atoms with Gasteiger partial charge >= 0.3 is 0 Å². The molecular formula is C23H28N2O4. The molecule has 154 valence electrons. The lowest BCUT2D eigenvalue weighted by Crippen LogP contribution is -2.38. The van der Waals surface area contributed by atoms with Gasteiger partial charge in [0.15, 0.2) is 0 Å². The van der Waals surface area contributed by atoms with Crippen LogP contribution < -0.4 is 19.7 Å². The van der Waals surface area contributed by atoms with Gasteiger partial charge in [0.05, 0.1) is 25.8 Å². The molecule has 0 spiro atoms. The second-order valence-corrected chi connectivity index (χ2v) is 7.38. The first-order valence-electron chi connectivity index (χ1n) is 9.88. The van der Waals surface area contributed by atoms with Crippen LogP contribution in [0.1, 0.15) is 25.3 Å². The summed E-state index contributed by atoms with van der Waals surface area (Å²) in [4.78, 5) is 26.9. The maximum atomic E-state index is 12.7. The zero-order chi connectivity index (χ0) is 20.8. The minimum absolute atomic E-state index is 0.0400. The molecule has 2 aromatic carbocycles. The molecule has 1 N–H and O–H groups in total. The van der Waals surface area contributed by atoms with Gasteiger partial charge in [0.1, 0.15) is 11.5 Å². The number of rotatable bonds is 8. The number of nitrogens with one attached hydrogen (secondary N) is 1. The van der Waals surface area contributed by atoms with Crippen molar-refractivity contribution >= 4 is 17.5 Å². The molecule has 2 atom stereocenters. The van der Waals surface area contributed by atoms with Gasteiger partial charge in [-0.3, -0.25) is 9.59 Å². The van der Waals surface area contributed by atoms with Gasteiger partial charge in [-0.2, -0.15) is 0 Å². The van der Waals surface area contributed by atoms with Crippen LogP contribution in [-0.4, -0.2) is 38.6 Å². The first-order valence-corrected chi connectivity index (χ1v) is 9.88. The van der Waals surface area contributed by atoms with E-state index in [4.69, 9.17) is 9.47 Å². The van der Waals surface area contributed by atoms with Crippen molar-refractivity contribution in [1.82, 2.24) is 5.32 Å². The van der Waals surface area contributed by atoms with Crippen LogP contribution >= 0.6 is 0 Å². The number of hydrogen-bond acceptors (Lipinski definition) is 4. The van der Waals surface area contributed by atoms with Crippen molar-refractivity contribution in [2.75, 3.05) is 25.7 Å². The summed E-state index contributed by atoms with van der Waals surface area (Å²) in [6.07, 6.45) is 1.94. The molecule has 6 heteroatoms. The third-order valence-electron chi connectivity index (χ3n) is 5.27. The zero-order valence-electron chi connectivity index (χ0n) is 17.2. The third-order valence-corrected chi connectivity index (χ3v) is 5.27. The van der Waals surface area contributed by atoms with Crippen LogP contribution in [0.3, 0.4) is 0 Å². The lowest BCUT2D eigenvalue weighted by Gasteiger charge is -2.21. The third kappa shape index (κ3) is 5.08. The summed E-state index contributed by atoms with van der Waals surface area (Å²) in [7, 11) is 3.13. The monoisotopic (exact) mass is 396 g/mol. The Labute approximate surface area is 171 Å². The number of ether oxygens (including phenoxy) is 2. The van der Waals surface area contributed by atoms with E-state index in [1.165, 1.54) is 5.56 Å². The fourth-order valence-electron chi connectivity index (χ4n) is 3.58. The summed E-state index contributed by atoms with van der Waals surface area (Å²) in [6.45, 7) is 2.33. The fraction of sp³-hybridized carbons (Fsp3) is 0.391. The molecule has 0 aromatic heterocycles. The second-order valence-electron chi connectivity index (χ2n) is 7.38. The molecule has 0 bridgehead atoms. The maximum Gasteiger partial charge on any atom is 0.227 e. The van der Waals surface area contributed by atoms with Gasteiger partial charge in [0, 0.05) is 25.1 Å². The number of anilines is 1. The molecule has 6 nitrogen and oxygen atoms in total. The molecule has 2 amide bonds. The van der Waals surface area contributed by atoms with E-state index in [2.05, 4.69) is 17.4 Å². The Balaban J connectivity index is 1.60. The quantitative estimate of drug-likeness (QED) is 0.744. The molecule has 2 aromatic rings. The van der Waals surface area contributed by atoms with Gasteiger partial charge in [-0.15, -0.1) is 0 Å². The molecule has 0 aliphatic carbocycles. The van der Waals surface area contributed by atoms with Gasteiger partial charge in [-0.25, -0.2) is 0 Å². The number of methoxy groups -OCH3 is 2. The molecule has 0 radical (unpaired) electrons. The van der Waals surface area contributed by atoms with E-state index in [0.29, 0.717) is 23.7 Å². The number of benzene rings is 2. The van der Waals surface area contributed by atoms with Gasteiger partial charge in [0.25, 0.3) is 0 Å². The molecule has 3 rings (SSSR count). The maximum absolute atomic E-state index is 12.7. The van der Waals surface area contributed by atoms with Gasteiger partial charge in [-0.05, 0) is 37.5 Å². The van der Waals surface area contributed by atoms with Crippen LogP contribution in [0, 0.1) is 5.92 Å². The van der Waals surface area contributed by atoms with Crippen LogP contribution in [-0.2, 0) is 16.0 Å². The molecule has 0 saturated carbocycles. The lowest BCUT2D eigenvalue weighted by molar-refractivity contribution is -0.126. The van der Waals surface area contributed by atoms with Crippen molar-refractivity contribution in [3.8, 4) is 11.5 Å². The Morgan fingerprint density at radius 2 is 1.93 bits per heavy atom. The number of carbonyl (C=O) groups is 2. The Kier molecular flexibility index (Phi) is 6.75. The highest BCUT2D eigenvalue weighted by molar-refractivity contribution is 6.01. The van der Waals surface area contributed by atoms with E-state index in [0.717, 1.165) is 12.8 Å². The predicted octanol–water partition coefficient (Wildman–Crippen LogP) is 3.19. The molecule has 1 aliphatic heterocycles. The largest absolute Gasteiger partial charge is 0.497 e. The predicted molar refractivity (Wildman–Crippen MR) is 112 cm³/mol. The summed E-state index contributed by atoms with van der Waals surface area (Å²) >= 11 is 0. The average Bonchev–Trinajstić information content (AvgIpc) is 3.14. The highest BCUT2D eigenvalue weighted by Gasteiger charge is 2.36. The van der Waals surface area contributed by atoms with Gasteiger partial charge < -0.3 is 19.7 Å². The molecule has 0 unspecified atom stereocenters. The lowest BCUT2D eigenvalue weighted by atomic mass is 10.0. The SMILES string of the molecule is COc1ccc(OC)c(N2C[C@H](C(=O)N[C@@H](C)CCc3ccccc3)CC2=O)c1. The van der Waals surface area contributed by atoms with Crippen molar-refractivity contribution in [2.45, 2.75) is 32.2 Å². The standard InChI is InChI=1S/C23H28N2O4/c1-16(9-10-17-7-5-4-6-8-17)24-23(27)18-13-22(26)25(15-18)20-14-19(28-2)11-12-21(20)29-3/h4-8,11-12,14,16,18H,9-10,13,15H2,1-3H3,(H,24,27)/t16-,18+/m0/s1. The Hall–Kier alpha value is -3.02. The van der Waals surface area contributed by atoms with E-state index in [9.17, 15) is 9.59 Å². The summed E-state index contributed by atoms with van der Waals surface area (Å²) < 4.78 is 10.7. The van der Waals surface area contributed by atoms with E-state index < -0.39 is 0 Å². The molecule has 29 heavy (non-hydrogen) atoms. The van der Waals surface area contributed by atoms with Gasteiger partial charge in [-0.1, -0.05) is 30.3 Å². The van der Waals surface area contributed by atoms with E-state index in [1.54, 1.807) is 37.3 Å². The van der Waals surface area contributed by atoms with Crippen molar-refractivity contribution in [1.29, 1.82) is 0 Å². The number of nitrogens with zero attached hydrogens (tertiary/aromatic N) is 1. The van der Waals surface area contributed by atoms with Crippen LogP contribution in [0.2, 0.25) is 0 Å². The summed E-state index contributed by atoms with van der Waals surface area (Å²) in [5, 5.41) is 3.06. The Bertz CT molecular complexity index is 853. The number of carbonyl (C=O) groups excluding carboxylic acids is 2. The first-order chi connectivity index (χ1) is 14.0. The average molecular weight is 396 g/mol. The second kappa shape index (κ2) is 9.45. The molecular weight excluding hydrogens is 368 g/mol. The highest BCUT2D eigenvalue weighted by atomic mass is 16.5. The number of hydrogen-bond donors (Lipinski definition) is 1. The van der Waals surface area contributed by atoms with Crippen LogP contribution in [0.5, 0.6) is 11.5 Å². The van der Waals surface area contributed by atoms with Crippen LogP contribution in [0.15, 0.2) is 48.5 Å². The normalized spacial score (nSPS) is 17.1. The topological polar surface area (TPSA) is 67.9 Å². The minimum Gasteiger partial charge on any atom is -0.497 e. The van der Waals surface area contributed by atoms with E-state index in [-0.39, 0.29) is 30.2 Å². The van der Waals surface area contributed by atoms with Crippen molar-refractivity contribution in [3.05, 3.63) is 54.1 Å². The van der Waals surface area contributed by atoms with Crippen molar-refractivity contribution < 1.29 is 19.1 Å². The van der Waals surface area contributed by atoms with Crippen molar-refractivity contribution in [3.63, 3.8) is 0 Å². The van der Waals surface area contributed by atoms with Gasteiger partial charge in [0.2, 0.25) is 11.8 Å². The molecule has 1 aliphatic rings. The first kappa shape index (κ1) is 20.7. The van der Waals surface area contributed by atoms with E-state index >= 15 is 0 Å². The minimum atomic E-state index is -0.377. The smallest absolute Gasteiger partial charge is 0.227 e.